The fourth-order valence-corrected chi connectivity index (χ4v) is 9.65. The summed E-state index contributed by atoms with van der Waals surface area (Å²) in [6.45, 7) is 10.1. The molecule has 2 aromatic heterocycles. The van der Waals surface area contributed by atoms with Crippen molar-refractivity contribution in [2.45, 2.75) is 63.5 Å². The minimum absolute atomic E-state index is 0.128. The van der Waals surface area contributed by atoms with Crippen molar-refractivity contribution in [2.24, 2.45) is 13.0 Å². The van der Waals surface area contributed by atoms with Gasteiger partial charge < -0.3 is 19.7 Å². The molecule has 296 valence electrons. The Morgan fingerprint density at radius 3 is 2.34 bits per heavy atom. The topological polar surface area (TPSA) is 106 Å². The van der Waals surface area contributed by atoms with Crippen LogP contribution in [0.15, 0.2) is 65.3 Å². The van der Waals surface area contributed by atoms with E-state index in [-0.39, 0.29) is 30.0 Å². The molecular weight excluding hydrogens is 775 g/mol. The molecule has 0 bridgehead atoms. The quantitative estimate of drug-likeness (QED) is 0.190. The zero-order chi connectivity index (χ0) is 38.9. The predicted octanol–water partition coefficient (Wildman–Crippen LogP) is 6.31. The smallest absolute Gasteiger partial charge is 0.253 e. The minimum atomic E-state index is -0.545. The summed E-state index contributed by atoms with van der Waals surface area (Å²) in [6.07, 6.45) is 6.69. The highest BCUT2D eigenvalue weighted by Gasteiger charge is 2.30. The van der Waals surface area contributed by atoms with E-state index >= 15 is 4.39 Å². The fourth-order valence-electron chi connectivity index (χ4n) is 9.24. The Hall–Kier alpha value is -4.33. The van der Waals surface area contributed by atoms with Crippen molar-refractivity contribution in [1.82, 2.24) is 29.6 Å². The average Bonchev–Trinajstić information content (AvgIpc) is 3.56. The van der Waals surface area contributed by atoms with Crippen LogP contribution in [0.25, 0.3) is 11.0 Å². The summed E-state index contributed by atoms with van der Waals surface area (Å²) in [5.74, 6) is 0.196. The van der Waals surface area contributed by atoms with Crippen LogP contribution in [0.4, 0.5) is 15.8 Å². The number of imide groups is 1. The third kappa shape index (κ3) is 8.22. The Morgan fingerprint density at radius 1 is 0.929 bits per heavy atom. The Balaban J connectivity index is 0.762. The summed E-state index contributed by atoms with van der Waals surface area (Å²) in [5.41, 5.74) is 5.49. The Kier molecular flexibility index (Phi) is 11.5. The van der Waals surface area contributed by atoms with Gasteiger partial charge in [0.05, 0.1) is 5.69 Å². The second kappa shape index (κ2) is 16.6. The molecular formula is C43H52BrFN8O3. The third-order valence-electron chi connectivity index (χ3n) is 12.7. The van der Waals surface area contributed by atoms with Gasteiger partial charge in [0, 0.05) is 98.3 Å². The fraction of sp³-hybridized carbons (Fsp3) is 0.488. The molecule has 8 rings (SSSR count). The van der Waals surface area contributed by atoms with Gasteiger partial charge in [-0.2, -0.15) is 0 Å². The predicted molar refractivity (Wildman–Crippen MR) is 220 cm³/mol. The van der Waals surface area contributed by atoms with Crippen molar-refractivity contribution < 1.29 is 18.8 Å². The van der Waals surface area contributed by atoms with Crippen molar-refractivity contribution in [1.29, 1.82) is 0 Å². The number of pyridine rings is 1. The number of hydrogen-bond donors (Lipinski definition) is 2. The summed E-state index contributed by atoms with van der Waals surface area (Å²) in [7, 11) is 2.11. The number of halogens is 2. The number of nitrogens with one attached hydrogen (secondary N) is 2. The highest BCUT2D eigenvalue weighted by atomic mass is 79.9. The number of aryl methyl sites for hydroxylation is 1. The number of amides is 3. The molecule has 0 radical (unpaired) electrons. The first-order chi connectivity index (χ1) is 27.1. The van der Waals surface area contributed by atoms with Gasteiger partial charge in [-0.05, 0) is 128 Å². The van der Waals surface area contributed by atoms with Crippen molar-refractivity contribution in [3.05, 3.63) is 87.9 Å². The maximum absolute atomic E-state index is 15.2. The molecule has 6 heterocycles. The van der Waals surface area contributed by atoms with Gasteiger partial charge >= 0.3 is 0 Å². The molecule has 4 aliphatic rings. The number of rotatable bonds is 9. The molecule has 3 amide bonds. The second-order valence-corrected chi connectivity index (χ2v) is 17.0. The molecule has 56 heavy (non-hydrogen) atoms. The molecule has 2 N–H and O–H groups in total. The highest BCUT2D eigenvalue weighted by molar-refractivity contribution is 9.10. The van der Waals surface area contributed by atoms with E-state index in [4.69, 9.17) is 0 Å². The Labute approximate surface area is 336 Å². The molecule has 1 unspecified atom stereocenters. The maximum Gasteiger partial charge on any atom is 0.253 e. The number of piperazine rings is 1. The van der Waals surface area contributed by atoms with Crippen molar-refractivity contribution >= 4 is 56.1 Å². The van der Waals surface area contributed by atoms with Crippen LogP contribution in [0, 0.1) is 11.7 Å². The number of piperidine rings is 3. The van der Waals surface area contributed by atoms with Crippen molar-refractivity contribution in [3.63, 3.8) is 0 Å². The molecule has 2 aromatic carbocycles. The number of aromatic nitrogens is 2. The van der Waals surface area contributed by atoms with Gasteiger partial charge in [0.1, 0.15) is 17.5 Å². The first kappa shape index (κ1) is 38.5. The lowest BCUT2D eigenvalue weighted by molar-refractivity contribution is -0.133. The van der Waals surface area contributed by atoms with E-state index in [1.807, 2.05) is 29.3 Å². The molecule has 4 fully saturated rings. The number of anilines is 2. The van der Waals surface area contributed by atoms with E-state index in [2.05, 4.69) is 83.0 Å². The van der Waals surface area contributed by atoms with Crippen LogP contribution < -0.4 is 15.5 Å². The van der Waals surface area contributed by atoms with Gasteiger partial charge in [-0.25, -0.2) is 9.37 Å². The molecule has 4 aromatic rings. The van der Waals surface area contributed by atoms with Gasteiger partial charge in [-0.1, -0.05) is 12.1 Å². The van der Waals surface area contributed by atoms with Gasteiger partial charge in [0.2, 0.25) is 11.8 Å². The van der Waals surface area contributed by atoms with Gasteiger partial charge in [0.15, 0.2) is 0 Å². The summed E-state index contributed by atoms with van der Waals surface area (Å²) >= 11 is 3.69. The van der Waals surface area contributed by atoms with E-state index in [0.29, 0.717) is 35.7 Å². The van der Waals surface area contributed by atoms with Gasteiger partial charge in [-0.15, -0.1) is 0 Å². The first-order valence-corrected chi connectivity index (χ1v) is 21.0. The largest absolute Gasteiger partial charge is 0.374 e. The highest BCUT2D eigenvalue weighted by Crippen LogP contribution is 2.35. The molecule has 2 atom stereocenters. The monoisotopic (exact) mass is 826 g/mol. The van der Waals surface area contributed by atoms with Crippen LogP contribution in [0.1, 0.15) is 79.0 Å². The minimum Gasteiger partial charge on any atom is -0.374 e. The average molecular weight is 828 g/mol. The van der Waals surface area contributed by atoms with Crippen LogP contribution in [0.2, 0.25) is 0 Å². The van der Waals surface area contributed by atoms with Crippen LogP contribution >= 0.6 is 15.9 Å². The lowest BCUT2D eigenvalue weighted by atomic mass is 9.88. The van der Waals surface area contributed by atoms with E-state index in [0.717, 1.165) is 106 Å². The number of hydrogen-bond acceptors (Lipinski definition) is 8. The van der Waals surface area contributed by atoms with Crippen molar-refractivity contribution in [3.8, 4) is 0 Å². The van der Waals surface area contributed by atoms with E-state index in [9.17, 15) is 14.4 Å². The number of likely N-dealkylation sites (tertiary alicyclic amines) is 2. The molecule has 0 aliphatic carbocycles. The molecule has 11 nitrogen and oxygen atoms in total. The SMILES string of the molecule is C[C@@H](c1cc2c(Br)ccnc2n1C)N1CCC(c2ccc(C(=O)N3CCC(CN4CCN(c5ccc(NC6CCC(=O)NC6=O)cc5F)CC4)CC3)cc2)CC1. The number of nitrogens with zero attached hydrogens (tertiary/aromatic N) is 6. The summed E-state index contributed by atoms with van der Waals surface area (Å²) in [6, 6.07) is 17.4. The second-order valence-electron chi connectivity index (χ2n) is 16.1. The normalized spacial score (nSPS) is 21.4. The first-order valence-electron chi connectivity index (χ1n) is 20.2. The summed E-state index contributed by atoms with van der Waals surface area (Å²) < 4.78 is 18.5. The maximum atomic E-state index is 15.2. The molecule has 4 saturated heterocycles. The van der Waals surface area contributed by atoms with Crippen molar-refractivity contribution in [2.75, 3.05) is 69.1 Å². The van der Waals surface area contributed by atoms with E-state index < -0.39 is 6.04 Å². The molecule has 13 heteroatoms. The van der Waals surface area contributed by atoms with E-state index in [1.165, 1.54) is 17.3 Å². The zero-order valence-corrected chi connectivity index (χ0v) is 33.9. The Morgan fingerprint density at radius 2 is 1.66 bits per heavy atom. The zero-order valence-electron chi connectivity index (χ0n) is 32.4. The number of carbonyl (C=O) groups excluding carboxylic acids is 3. The third-order valence-corrected chi connectivity index (χ3v) is 13.4. The summed E-state index contributed by atoms with van der Waals surface area (Å²) in [4.78, 5) is 50.8. The Bertz CT molecular complexity index is 2070. The number of fused-ring (bicyclic) bond motifs is 1. The van der Waals surface area contributed by atoms with Gasteiger partial charge in [0.25, 0.3) is 5.91 Å². The van der Waals surface area contributed by atoms with Crippen LogP contribution in [-0.4, -0.2) is 107 Å². The van der Waals surface area contributed by atoms with Gasteiger partial charge in [-0.3, -0.25) is 29.5 Å². The van der Waals surface area contributed by atoms with Crippen LogP contribution in [-0.2, 0) is 16.6 Å². The standard InChI is InChI=1S/C43H52BrFN8O3/c1-28(39-26-34-35(44)11-16-46-41(34)49(39)2)51-19-14-31(15-20-51)30-3-5-32(6-4-30)43(56)53-17-12-29(13-18-53)27-50-21-23-52(24-22-50)38-9-7-33(25-36(38)45)47-37-8-10-40(54)48-42(37)55/h3-7,9,11,16,25-26,28-29,31,37,47H,8,10,12-15,17-24,27H2,1-2H3,(H,48,54,55)/t28-,37?/m0/s1. The lowest BCUT2D eigenvalue weighted by Crippen LogP contribution is -2.49. The van der Waals surface area contributed by atoms with E-state index in [1.54, 1.807) is 12.1 Å². The van der Waals surface area contributed by atoms with Crippen LogP contribution in [0.3, 0.4) is 0 Å². The molecule has 0 spiro atoms. The number of benzene rings is 2. The number of carbonyl (C=O) groups is 3. The lowest BCUT2D eigenvalue weighted by Gasteiger charge is -2.39. The molecule has 0 saturated carbocycles. The molecule has 4 aliphatic heterocycles. The van der Waals surface area contributed by atoms with Crippen LogP contribution in [0.5, 0.6) is 0 Å². The summed E-state index contributed by atoms with van der Waals surface area (Å²) in [5, 5.41) is 6.54.